The highest BCUT2D eigenvalue weighted by Crippen LogP contribution is 2.49. The van der Waals surface area contributed by atoms with E-state index in [9.17, 15) is 74.6 Å². The molecule has 13 aliphatic rings. The maximum absolute atomic E-state index is 13.6. The van der Waals surface area contributed by atoms with Crippen LogP contribution in [0.15, 0.2) is 77.0 Å². The Bertz CT molecular complexity index is 5190. The van der Waals surface area contributed by atoms with Crippen LogP contribution in [0.1, 0.15) is 223 Å². The fourth-order valence-electron chi connectivity index (χ4n) is 21.6. The minimum absolute atomic E-state index is 0.0322. The highest BCUT2D eigenvalue weighted by atomic mass is 35.5. The van der Waals surface area contributed by atoms with Crippen LogP contribution in [-0.4, -0.2) is 400 Å². The van der Waals surface area contributed by atoms with Crippen molar-refractivity contribution in [2.24, 2.45) is 33.5 Å². The molecule has 4 spiro atoms. The van der Waals surface area contributed by atoms with E-state index < -0.39 is 52.9 Å². The van der Waals surface area contributed by atoms with Crippen LogP contribution in [-0.2, 0) is 33.4 Å². The molecule has 2 atom stereocenters. The average molecular weight is 2200 g/mol. The molecule has 12 fully saturated rings. The van der Waals surface area contributed by atoms with E-state index >= 15 is 0 Å². The smallest absolute Gasteiger partial charge is 0.479 e. The van der Waals surface area contributed by atoms with Crippen molar-refractivity contribution in [3.63, 3.8) is 0 Å². The summed E-state index contributed by atoms with van der Waals surface area (Å²) in [7, 11) is 13.8. The van der Waals surface area contributed by atoms with Crippen molar-refractivity contribution in [1.29, 1.82) is 0 Å². The second-order valence-electron chi connectivity index (χ2n) is 46.6. The lowest BCUT2D eigenvalue weighted by Crippen LogP contribution is -2.67. The first kappa shape index (κ1) is 123. The predicted octanol–water partition coefficient (Wildman–Crippen LogP) is 15.6. The van der Waals surface area contributed by atoms with Gasteiger partial charge in [0.25, 0.3) is 29.5 Å². The van der Waals surface area contributed by atoms with Crippen LogP contribution in [0.4, 0.5) is 53.0 Å². The molecule has 0 saturated carbocycles. The molecule has 12 saturated heterocycles. The molecule has 32 nitrogen and oxygen atoms in total. The van der Waals surface area contributed by atoms with Gasteiger partial charge in [-0.15, -0.1) is 0 Å². The summed E-state index contributed by atoms with van der Waals surface area (Å²) in [6.07, 6.45) is 9.56. The standard InChI is InChI=1S/C27H38ClF3N4O3.C26H39ClN4O3.C21H33ClN4O.C14H17ClN2O2.C12H22N2O2.C6H12O3.C2HF3O2/c1-18(2)26(38,27(29,30)31)24(37)34-13-9-25(10-14-34)16-35(17-25)19-7-11-33(12-8-19)20-5-6-21(22(28)15-20)23(36)32(3)4;1-25(2,3)34-24(33)30-14-10-26(11-15-30)17-31(18-26)19-8-12-29(13-9-19)20-6-7-21(22(27)16-20)23(32)28(4)5;1-24(2)20(27)18-4-3-17(13-19(18)22)25-11-5-16(6-12-25)26-14-21(15-26)7-9-23-10-8-21;1-16(2)14(19)12-4-3-10(9-13(12)15)17-7-5-11(18)6-8-17;1-11(2,3)16-10(15)14-6-4-12(5-7-14)8-13-9-12;1-4(2)6(3,9)5(7)8;3-2(4,5)1(6)7/h5-6,15,18-19,38H,7-14,16-17H2,1-4H3;6-7,16,19H,8-15,17-18H2,1-5H3;13,16,23H,3-12,14-15H2,1-2H3;3-4,9H,5-8H2,1-2H3;13H,4-9H2,1-3H3;4,9H,1-3H3,(H,7,8);(H,6,7). The molecule has 1 aliphatic carbocycles. The molecule has 12 aliphatic heterocycles. The van der Waals surface area contributed by atoms with Crippen molar-refractivity contribution in [2.75, 3.05) is 228 Å². The van der Waals surface area contributed by atoms with Gasteiger partial charge in [0.1, 0.15) is 17.0 Å². The van der Waals surface area contributed by atoms with Gasteiger partial charge >= 0.3 is 36.5 Å². The zero-order chi connectivity index (χ0) is 111. The first-order valence-electron chi connectivity index (χ1n) is 52.6. The summed E-state index contributed by atoms with van der Waals surface area (Å²) in [5.74, 6) is -6.62. The Hall–Kier alpha value is -8.70. The first-order valence-corrected chi connectivity index (χ1v) is 54.2. The number of Topliss-reactive ketones (excluding diaryl/α,β-unsaturated/α-hetero) is 1. The molecule has 12 heterocycles. The summed E-state index contributed by atoms with van der Waals surface area (Å²) in [6.45, 7) is 41.1. The molecule has 6 N–H and O–H groups in total. The van der Waals surface area contributed by atoms with Crippen molar-refractivity contribution in [1.82, 2.24) is 64.5 Å². The number of allylic oxidation sites excluding steroid dienone is 3. The van der Waals surface area contributed by atoms with E-state index in [0.717, 1.165) is 211 Å². The first-order chi connectivity index (χ1) is 69.8. The number of benzene rings is 3. The summed E-state index contributed by atoms with van der Waals surface area (Å²) in [5.41, 5.74) is 2.43. The zero-order valence-corrected chi connectivity index (χ0v) is 94.1. The number of piperidine rings is 8. The number of carboxylic acid groups (broad SMARTS) is 2. The molecule has 0 aromatic heterocycles. The summed E-state index contributed by atoms with van der Waals surface area (Å²) in [5, 5.41) is 43.7. The van der Waals surface area contributed by atoms with Crippen molar-refractivity contribution < 1.29 is 104 Å². The Morgan fingerprint density at radius 1 is 0.407 bits per heavy atom. The molecule has 7 amide bonds. The average Bonchev–Trinajstić information content (AvgIpc) is 0.795. The molecule has 2 unspecified atom stereocenters. The largest absolute Gasteiger partial charge is 0.490 e. The summed E-state index contributed by atoms with van der Waals surface area (Å²) in [4.78, 5) is 144. The van der Waals surface area contributed by atoms with Crippen LogP contribution >= 0.6 is 46.4 Å². The number of rotatable bonds is 15. The predicted molar refractivity (Wildman–Crippen MR) is 571 cm³/mol. The summed E-state index contributed by atoms with van der Waals surface area (Å²) in [6, 6.07) is 18.6. The van der Waals surface area contributed by atoms with E-state index in [2.05, 4.69) is 44.9 Å². The number of carboxylic acids is 2. The number of nitrogens with one attached hydrogen (secondary N) is 2. The van der Waals surface area contributed by atoms with E-state index in [0.29, 0.717) is 96.6 Å². The van der Waals surface area contributed by atoms with Gasteiger partial charge in [0, 0.05) is 266 Å². The fourth-order valence-corrected chi connectivity index (χ4v) is 22.6. The third-order valence-corrected chi connectivity index (χ3v) is 33.0. The number of ether oxygens (including phenoxy) is 2. The van der Waals surface area contributed by atoms with Crippen LogP contribution in [0, 0.1) is 33.5 Å². The number of aliphatic hydroxyl groups is 2. The van der Waals surface area contributed by atoms with Crippen molar-refractivity contribution in [2.45, 2.75) is 245 Å². The van der Waals surface area contributed by atoms with Gasteiger partial charge in [-0.3, -0.25) is 43.5 Å². The third-order valence-electron chi connectivity index (χ3n) is 31.8. The summed E-state index contributed by atoms with van der Waals surface area (Å²) >= 11 is 25.4. The van der Waals surface area contributed by atoms with E-state index in [1.165, 1.54) is 93.0 Å². The number of alkyl halides is 6. The Morgan fingerprint density at radius 3 is 0.987 bits per heavy atom. The Balaban J connectivity index is 0.000000189. The number of aliphatic carboxylic acids is 2. The third kappa shape index (κ3) is 32.1. The highest BCUT2D eigenvalue weighted by molar-refractivity contribution is 6.35. The van der Waals surface area contributed by atoms with Crippen LogP contribution < -0.4 is 25.3 Å². The molecular weight excluding hydrogens is 2030 g/mol. The Kier molecular flexibility index (Phi) is 42.1. The van der Waals surface area contributed by atoms with Gasteiger partial charge in [0.2, 0.25) is 5.60 Å². The molecule has 150 heavy (non-hydrogen) atoms. The molecule has 840 valence electrons. The van der Waals surface area contributed by atoms with Gasteiger partial charge in [0.15, 0.2) is 5.60 Å². The minimum Gasteiger partial charge on any atom is -0.479 e. The van der Waals surface area contributed by atoms with Gasteiger partial charge in [0.05, 0.1) is 36.8 Å². The molecule has 3 aromatic rings. The Morgan fingerprint density at radius 2 is 0.720 bits per heavy atom. The lowest BCUT2D eigenvalue weighted by Gasteiger charge is -2.57. The molecule has 0 radical (unpaired) electrons. The van der Waals surface area contributed by atoms with E-state index in [1.807, 2.05) is 93.8 Å². The topological polar surface area (TPSA) is 340 Å². The van der Waals surface area contributed by atoms with Gasteiger partial charge in [-0.05, 0) is 253 Å². The van der Waals surface area contributed by atoms with Gasteiger partial charge in [-0.1, -0.05) is 74.1 Å². The van der Waals surface area contributed by atoms with Crippen LogP contribution in [0.5, 0.6) is 0 Å². The van der Waals surface area contributed by atoms with Crippen LogP contribution in [0.25, 0.3) is 0 Å². The number of hydrogen-bond acceptors (Lipinski definition) is 23. The fraction of sp³-hybridized carbons (Fsp3) is 0.704. The van der Waals surface area contributed by atoms with E-state index in [4.69, 9.17) is 76.0 Å². The molecular formula is C108H162Cl4F6N16O16. The zero-order valence-electron chi connectivity index (χ0n) is 91.1. The quantitative estimate of drug-likeness (QED) is 0.0770. The normalized spacial score (nSPS) is 21.4. The number of carbonyl (C=O) groups excluding carboxylic acids is 8. The number of anilines is 3. The van der Waals surface area contributed by atoms with Crippen LogP contribution in [0.3, 0.4) is 0 Å². The number of hydrogen-bond donors (Lipinski definition) is 6. The number of nitrogens with zero attached hydrogens (tertiary/aromatic N) is 14. The molecule has 42 heteroatoms. The number of amides is 7. The maximum Gasteiger partial charge on any atom is 0.490 e. The highest BCUT2D eigenvalue weighted by Gasteiger charge is 2.64. The number of carbonyl (C=O) groups is 10. The van der Waals surface area contributed by atoms with Gasteiger partial charge < -0.3 is 94.4 Å². The minimum atomic E-state index is -5.08. The lowest BCUT2D eigenvalue weighted by atomic mass is 9.70. The molecule has 3 aromatic carbocycles. The van der Waals surface area contributed by atoms with Crippen molar-refractivity contribution in [3.8, 4) is 0 Å². The van der Waals surface area contributed by atoms with Crippen molar-refractivity contribution >= 4 is 123 Å². The lowest BCUT2D eigenvalue weighted by molar-refractivity contribution is -0.270. The van der Waals surface area contributed by atoms with Crippen molar-refractivity contribution in [3.05, 3.63) is 109 Å². The van der Waals surface area contributed by atoms with E-state index in [1.54, 1.807) is 98.2 Å². The van der Waals surface area contributed by atoms with Gasteiger partial charge in [-0.25, -0.2) is 19.2 Å². The summed E-state index contributed by atoms with van der Waals surface area (Å²) < 4.78 is 83.3. The number of ketones is 1. The van der Waals surface area contributed by atoms with Crippen LogP contribution in [0.2, 0.25) is 15.1 Å². The van der Waals surface area contributed by atoms with E-state index in [-0.39, 0.29) is 65.8 Å². The number of likely N-dealkylation sites (tertiary alicyclic amines) is 7. The number of halogens is 10. The second kappa shape index (κ2) is 51.3. The maximum atomic E-state index is 13.6. The molecule has 16 rings (SSSR count). The number of likely N-dealkylation sites (N-methyl/N-ethyl adjacent to an activating group) is 1. The van der Waals surface area contributed by atoms with Gasteiger partial charge in [-0.2, -0.15) is 26.3 Å². The molecule has 0 bridgehead atoms. The SMILES string of the molecule is CC(C)(C)OC(=O)N1CCC2(CC1)CNC2.CC(C)C(C)(O)C(=O)O.CC(C)C(O)(C(=O)N1CCC2(CC1)CN(C1CCN(c3ccc(C(=O)N(C)C)c(Cl)c3)CC1)C2)C(F)(F)F.CN(C)C(=O)C1=C(Cl)C=C(N2CCC(N3CC4(CCNCC4)C3)CC2)CC1.CN(C)C(=O)c1ccc(N2CCC(=O)CC2)cc1Cl.CN(C)C(=O)c1ccc(N2CCC(N3CC4(CCN(C(=O)OC(C)(C)C)CC4)C3)CC2)cc1Cl.O=C(O)C(F)(F)F. The second-order valence-corrected chi connectivity index (χ2v) is 48.2. The Labute approximate surface area is 901 Å². The monoisotopic (exact) mass is 2190 g/mol.